The number of H-pyrrole nitrogens is 1. The number of aryl methyl sites for hydroxylation is 2. The molecule has 1 N–H and O–H groups in total. The number of rotatable bonds is 9. The van der Waals surface area contributed by atoms with Crippen molar-refractivity contribution in [1.29, 1.82) is 0 Å². The minimum atomic E-state index is -0.395. The second-order valence-corrected chi connectivity index (χ2v) is 8.51. The Morgan fingerprint density at radius 3 is 2.85 bits per heavy atom. The third-order valence-electron chi connectivity index (χ3n) is 5.97. The highest BCUT2D eigenvalue weighted by Gasteiger charge is 2.23. The summed E-state index contributed by atoms with van der Waals surface area (Å²) < 4.78 is 12.3. The van der Waals surface area contributed by atoms with E-state index in [1.54, 1.807) is 6.92 Å². The summed E-state index contributed by atoms with van der Waals surface area (Å²) in [6.45, 7) is 8.25. The maximum Gasteiger partial charge on any atom is 0.327 e. The molecule has 10 nitrogen and oxygen atoms in total. The van der Waals surface area contributed by atoms with Crippen LogP contribution in [0, 0.1) is 13.8 Å². The molecule has 1 aromatic carbocycles. The second kappa shape index (κ2) is 10.2. The van der Waals surface area contributed by atoms with Crippen molar-refractivity contribution in [3.63, 3.8) is 0 Å². The van der Waals surface area contributed by atoms with E-state index >= 15 is 0 Å². The molecule has 3 aromatic rings. The fraction of sp³-hybridized carbons (Fsp3) is 0.522. The van der Waals surface area contributed by atoms with Crippen molar-refractivity contribution in [3.05, 3.63) is 51.1 Å². The predicted molar refractivity (Wildman–Crippen MR) is 122 cm³/mol. The molecule has 2 aromatic heterocycles. The molecule has 1 aliphatic heterocycles. The van der Waals surface area contributed by atoms with Crippen LogP contribution in [-0.4, -0.2) is 61.9 Å². The second-order valence-electron chi connectivity index (χ2n) is 8.51. The lowest BCUT2D eigenvalue weighted by Crippen LogP contribution is -2.34. The predicted octanol–water partition coefficient (Wildman–Crippen LogP) is 1.88. The summed E-state index contributed by atoms with van der Waals surface area (Å²) in [6.07, 6.45) is 2.08. The number of nitrogens with zero attached hydrogens (tertiary/aromatic N) is 5. The number of aromatic amines is 1. The Morgan fingerprint density at radius 1 is 1.27 bits per heavy atom. The Labute approximate surface area is 191 Å². The molecule has 0 radical (unpaired) electrons. The van der Waals surface area contributed by atoms with Crippen LogP contribution in [0.3, 0.4) is 0 Å². The first-order chi connectivity index (χ1) is 15.9. The number of tetrazole rings is 1. The van der Waals surface area contributed by atoms with E-state index in [1.165, 1.54) is 10.2 Å². The van der Waals surface area contributed by atoms with Gasteiger partial charge in [0.2, 0.25) is 0 Å². The maximum absolute atomic E-state index is 12.9. The lowest BCUT2D eigenvalue weighted by atomic mass is 10.0. The monoisotopic (exact) mass is 454 g/mol. The number of ether oxygens (including phenoxy) is 2. The van der Waals surface area contributed by atoms with E-state index in [4.69, 9.17) is 9.47 Å². The molecule has 4 rings (SSSR count). The van der Waals surface area contributed by atoms with Crippen LogP contribution in [-0.2, 0) is 33.9 Å². The van der Waals surface area contributed by atoms with Crippen LogP contribution < -0.4 is 5.56 Å². The summed E-state index contributed by atoms with van der Waals surface area (Å²) in [5.74, 6) is 0.137. The summed E-state index contributed by atoms with van der Waals surface area (Å²) >= 11 is 0. The number of nitrogens with one attached hydrogen (secondary N) is 1. The third kappa shape index (κ3) is 5.63. The molecular weight excluding hydrogens is 424 g/mol. The molecule has 33 heavy (non-hydrogen) atoms. The van der Waals surface area contributed by atoms with E-state index in [1.807, 2.05) is 19.1 Å². The van der Waals surface area contributed by atoms with Crippen molar-refractivity contribution in [2.45, 2.75) is 59.4 Å². The highest BCUT2D eigenvalue weighted by molar-refractivity contribution is 5.80. The van der Waals surface area contributed by atoms with Crippen LogP contribution in [0.2, 0.25) is 0 Å². The number of carbonyl (C=O) groups excluding carboxylic acids is 1. The smallest absolute Gasteiger partial charge is 0.327 e. The molecule has 0 spiro atoms. The first kappa shape index (κ1) is 23.1. The van der Waals surface area contributed by atoms with Crippen LogP contribution >= 0.6 is 0 Å². The van der Waals surface area contributed by atoms with Gasteiger partial charge in [0.15, 0.2) is 5.82 Å². The van der Waals surface area contributed by atoms with Gasteiger partial charge in [0, 0.05) is 30.8 Å². The van der Waals surface area contributed by atoms with Gasteiger partial charge in [-0.2, -0.15) is 0 Å². The van der Waals surface area contributed by atoms with E-state index in [2.05, 4.69) is 38.4 Å². The largest absolute Gasteiger partial charge is 0.465 e. The zero-order chi connectivity index (χ0) is 23.4. The van der Waals surface area contributed by atoms with Crippen molar-refractivity contribution in [2.75, 3.05) is 19.8 Å². The number of carbonyl (C=O) groups is 1. The molecule has 0 bridgehead atoms. The molecule has 0 unspecified atom stereocenters. The van der Waals surface area contributed by atoms with Gasteiger partial charge in [-0.25, -0.2) is 4.68 Å². The van der Waals surface area contributed by atoms with Gasteiger partial charge < -0.3 is 14.5 Å². The van der Waals surface area contributed by atoms with Gasteiger partial charge in [-0.15, -0.1) is 5.10 Å². The fourth-order valence-corrected chi connectivity index (χ4v) is 4.13. The molecule has 10 heteroatoms. The highest BCUT2D eigenvalue weighted by atomic mass is 16.5. The normalized spacial score (nSPS) is 16.1. The summed E-state index contributed by atoms with van der Waals surface area (Å²) in [5, 5.41) is 12.8. The molecule has 0 amide bonds. The Morgan fingerprint density at radius 2 is 2.09 bits per heavy atom. The number of esters is 1. The van der Waals surface area contributed by atoms with Crippen LogP contribution in [0.15, 0.2) is 23.0 Å². The zero-order valence-electron chi connectivity index (χ0n) is 19.3. The van der Waals surface area contributed by atoms with Crippen LogP contribution in [0.5, 0.6) is 0 Å². The molecule has 176 valence electrons. The van der Waals surface area contributed by atoms with Crippen LogP contribution in [0.4, 0.5) is 0 Å². The van der Waals surface area contributed by atoms with Gasteiger partial charge in [-0.1, -0.05) is 0 Å². The molecule has 3 heterocycles. The highest BCUT2D eigenvalue weighted by Crippen LogP contribution is 2.19. The van der Waals surface area contributed by atoms with E-state index in [0.717, 1.165) is 35.9 Å². The first-order valence-corrected chi connectivity index (χ1v) is 11.3. The molecule has 0 aliphatic carbocycles. The summed E-state index contributed by atoms with van der Waals surface area (Å²) in [6, 6.07) is 6.04. The average Bonchev–Trinajstić information content (AvgIpc) is 3.43. The van der Waals surface area contributed by atoms with E-state index in [9.17, 15) is 9.59 Å². The minimum Gasteiger partial charge on any atom is -0.465 e. The standard InChI is InChI=1S/C23H30N6O4/c1-4-32-22(30)14-29-21(25-26-27-29)13-28(12-19-6-5-7-33-19)11-18-10-17-8-15(2)16(3)9-20(17)24-23(18)31/h8-10,19H,4-7,11-14H2,1-3H3,(H,24,31)/t19-/m0/s1. The van der Waals surface area contributed by atoms with Crippen molar-refractivity contribution in [1.82, 2.24) is 30.1 Å². The van der Waals surface area contributed by atoms with E-state index in [-0.39, 0.29) is 18.2 Å². The Hall–Kier alpha value is -3.11. The van der Waals surface area contributed by atoms with Crippen molar-refractivity contribution in [3.8, 4) is 0 Å². The quantitative estimate of drug-likeness (QED) is 0.487. The molecular formula is C23H30N6O4. The van der Waals surface area contributed by atoms with Crippen LogP contribution in [0.1, 0.15) is 42.3 Å². The van der Waals surface area contributed by atoms with Crippen molar-refractivity contribution in [2.24, 2.45) is 0 Å². The topological polar surface area (TPSA) is 115 Å². The van der Waals surface area contributed by atoms with Crippen molar-refractivity contribution >= 4 is 16.9 Å². The SMILES string of the molecule is CCOC(=O)Cn1nnnc1CN(Cc1cc2cc(C)c(C)cc2[nH]c1=O)C[C@@H]1CCCO1. The molecule has 1 aliphatic rings. The number of pyridine rings is 1. The van der Waals surface area contributed by atoms with Gasteiger partial charge in [-0.3, -0.25) is 14.5 Å². The average molecular weight is 455 g/mol. The van der Waals surface area contributed by atoms with E-state index in [0.29, 0.717) is 37.6 Å². The molecule has 1 fully saturated rings. The lowest BCUT2D eigenvalue weighted by Gasteiger charge is -2.24. The van der Waals surface area contributed by atoms with E-state index < -0.39 is 5.97 Å². The Balaban J connectivity index is 1.59. The number of hydrogen-bond donors (Lipinski definition) is 1. The van der Waals surface area contributed by atoms with Gasteiger partial charge in [0.25, 0.3) is 5.56 Å². The third-order valence-corrected chi connectivity index (χ3v) is 5.97. The van der Waals surface area contributed by atoms with Crippen LogP contribution in [0.25, 0.3) is 10.9 Å². The fourth-order valence-electron chi connectivity index (χ4n) is 4.13. The van der Waals surface area contributed by atoms with Crippen molar-refractivity contribution < 1.29 is 14.3 Å². The number of hydrogen-bond acceptors (Lipinski definition) is 8. The zero-order valence-corrected chi connectivity index (χ0v) is 19.3. The summed E-state index contributed by atoms with van der Waals surface area (Å²) in [7, 11) is 0. The first-order valence-electron chi connectivity index (χ1n) is 11.3. The molecule has 0 saturated carbocycles. The molecule has 1 saturated heterocycles. The van der Waals surface area contributed by atoms with Gasteiger partial charge in [0.1, 0.15) is 6.54 Å². The number of aromatic nitrogens is 5. The number of benzene rings is 1. The van der Waals surface area contributed by atoms with Gasteiger partial charge >= 0.3 is 5.97 Å². The van der Waals surface area contributed by atoms with Gasteiger partial charge in [-0.05, 0) is 78.8 Å². The lowest BCUT2D eigenvalue weighted by molar-refractivity contribution is -0.144. The number of fused-ring (bicyclic) bond motifs is 1. The summed E-state index contributed by atoms with van der Waals surface area (Å²) in [5.41, 5.74) is 3.69. The minimum absolute atomic E-state index is 0.0564. The maximum atomic E-state index is 12.9. The Kier molecular flexibility index (Phi) is 7.14. The van der Waals surface area contributed by atoms with Gasteiger partial charge in [0.05, 0.1) is 19.3 Å². The molecule has 1 atom stereocenters. The summed E-state index contributed by atoms with van der Waals surface area (Å²) in [4.78, 5) is 29.9. The Bertz CT molecular complexity index is 1180.